The summed E-state index contributed by atoms with van der Waals surface area (Å²) in [5, 5.41) is 6.40. The van der Waals surface area contributed by atoms with E-state index in [2.05, 4.69) is 20.6 Å². The minimum Gasteiger partial charge on any atom is -0.368 e. The third-order valence-corrected chi connectivity index (χ3v) is 4.63. The minimum absolute atomic E-state index is 0.0498. The number of aromatic nitrogens is 2. The fraction of sp³-hybridized carbons (Fsp3) is 0.667. The molecule has 0 bridgehead atoms. The first-order valence-corrected chi connectivity index (χ1v) is 8.25. The van der Waals surface area contributed by atoms with Gasteiger partial charge in [0.2, 0.25) is 0 Å². The van der Waals surface area contributed by atoms with Crippen LogP contribution in [0.2, 0.25) is 0 Å². The lowest BCUT2D eigenvalue weighted by atomic mass is 10.2. The predicted octanol–water partition coefficient (Wildman–Crippen LogP) is 1.20. The van der Waals surface area contributed by atoms with Crippen molar-refractivity contribution in [2.45, 2.75) is 39.3 Å². The van der Waals surface area contributed by atoms with E-state index in [0.29, 0.717) is 18.1 Å². The third-order valence-electron chi connectivity index (χ3n) is 2.86. The van der Waals surface area contributed by atoms with E-state index in [1.807, 2.05) is 26.8 Å². The standard InChI is InChI=1S/C12H20N4O2S/c1-8(2)13-11-6-12(15-9(3)14-11)16-10-4-5-19(17,18)7-10/h6,8,10H,4-5,7H2,1-3H3,(H2,13,14,15,16). The molecule has 106 valence electrons. The molecule has 1 aliphatic rings. The van der Waals surface area contributed by atoms with Crippen molar-refractivity contribution in [2.75, 3.05) is 22.1 Å². The summed E-state index contributed by atoms with van der Waals surface area (Å²) < 4.78 is 22.9. The molecule has 7 heteroatoms. The zero-order valence-electron chi connectivity index (χ0n) is 11.5. The van der Waals surface area contributed by atoms with Gasteiger partial charge in [-0.15, -0.1) is 0 Å². The van der Waals surface area contributed by atoms with Crippen LogP contribution in [0.25, 0.3) is 0 Å². The number of rotatable bonds is 4. The van der Waals surface area contributed by atoms with E-state index in [1.165, 1.54) is 0 Å². The number of aryl methyl sites for hydroxylation is 1. The maximum absolute atomic E-state index is 11.4. The molecular weight excluding hydrogens is 264 g/mol. The fourth-order valence-electron chi connectivity index (χ4n) is 2.13. The maximum atomic E-state index is 11.4. The van der Waals surface area contributed by atoms with Crippen molar-refractivity contribution in [3.63, 3.8) is 0 Å². The van der Waals surface area contributed by atoms with Gasteiger partial charge >= 0.3 is 0 Å². The van der Waals surface area contributed by atoms with Crippen LogP contribution in [-0.4, -0.2) is 42.0 Å². The Balaban J connectivity index is 2.10. The molecule has 0 spiro atoms. The Hall–Kier alpha value is -1.37. The highest BCUT2D eigenvalue weighted by atomic mass is 32.2. The van der Waals surface area contributed by atoms with Gasteiger partial charge in [-0.1, -0.05) is 0 Å². The smallest absolute Gasteiger partial charge is 0.152 e. The summed E-state index contributed by atoms with van der Waals surface area (Å²) in [7, 11) is -2.88. The molecule has 0 aliphatic carbocycles. The molecule has 1 aromatic heterocycles. The summed E-state index contributed by atoms with van der Waals surface area (Å²) in [4.78, 5) is 8.59. The Morgan fingerprint density at radius 2 is 2.00 bits per heavy atom. The molecule has 0 radical (unpaired) electrons. The van der Waals surface area contributed by atoms with Gasteiger partial charge in [0.25, 0.3) is 0 Å². The Bertz CT molecular complexity index is 557. The molecule has 0 aromatic carbocycles. The molecule has 1 atom stereocenters. The SMILES string of the molecule is Cc1nc(NC(C)C)cc(NC2CCS(=O)(=O)C2)n1. The van der Waals surface area contributed by atoms with Crippen LogP contribution in [0.4, 0.5) is 11.6 Å². The van der Waals surface area contributed by atoms with E-state index >= 15 is 0 Å². The highest BCUT2D eigenvalue weighted by Crippen LogP contribution is 2.18. The van der Waals surface area contributed by atoms with E-state index < -0.39 is 9.84 Å². The van der Waals surface area contributed by atoms with Gasteiger partial charge in [-0.05, 0) is 27.2 Å². The van der Waals surface area contributed by atoms with Crippen LogP contribution in [0, 0.1) is 6.92 Å². The largest absolute Gasteiger partial charge is 0.368 e. The molecule has 1 fully saturated rings. The second-order valence-corrected chi connectivity index (χ2v) is 7.46. The van der Waals surface area contributed by atoms with Gasteiger partial charge in [0.1, 0.15) is 17.5 Å². The highest BCUT2D eigenvalue weighted by Gasteiger charge is 2.28. The molecule has 2 heterocycles. The quantitative estimate of drug-likeness (QED) is 0.864. The van der Waals surface area contributed by atoms with E-state index in [4.69, 9.17) is 0 Å². The fourth-order valence-corrected chi connectivity index (χ4v) is 3.80. The van der Waals surface area contributed by atoms with Crippen LogP contribution in [0.15, 0.2) is 6.07 Å². The summed E-state index contributed by atoms with van der Waals surface area (Å²) in [5.41, 5.74) is 0. The Morgan fingerprint density at radius 3 is 2.58 bits per heavy atom. The molecular formula is C12H20N4O2S. The number of hydrogen-bond donors (Lipinski definition) is 2. The van der Waals surface area contributed by atoms with Crippen LogP contribution in [0.1, 0.15) is 26.1 Å². The molecule has 2 rings (SSSR count). The molecule has 19 heavy (non-hydrogen) atoms. The van der Waals surface area contributed by atoms with Crippen LogP contribution in [-0.2, 0) is 9.84 Å². The molecule has 2 N–H and O–H groups in total. The summed E-state index contributed by atoms with van der Waals surface area (Å²) >= 11 is 0. The summed E-state index contributed by atoms with van der Waals surface area (Å²) in [6.07, 6.45) is 0.637. The first kappa shape index (κ1) is 14.0. The lowest BCUT2D eigenvalue weighted by molar-refractivity contribution is 0.602. The Kier molecular flexibility index (Phi) is 3.93. The zero-order valence-corrected chi connectivity index (χ0v) is 12.3. The molecule has 0 saturated carbocycles. The van der Waals surface area contributed by atoms with Crippen molar-refractivity contribution in [3.05, 3.63) is 11.9 Å². The first-order chi connectivity index (χ1) is 8.84. The number of nitrogens with zero attached hydrogens (tertiary/aromatic N) is 2. The first-order valence-electron chi connectivity index (χ1n) is 6.43. The van der Waals surface area contributed by atoms with Crippen LogP contribution >= 0.6 is 0 Å². The Morgan fingerprint density at radius 1 is 1.32 bits per heavy atom. The van der Waals surface area contributed by atoms with Gasteiger partial charge < -0.3 is 10.6 Å². The summed E-state index contributed by atoms with van der Waals surface area (Å²) in [6.45, 7) is 5.89. The molecule has 1 aromatic rings. The molecule has 1 unspecified atom stereocenters. The number of sulfone groups is 1. The van der Waals surface area contributed by atoms with Crippen molar-refractivity contribution < 1.29 is 8.42 Å². The van der Waals surface area contributed by atoms with E-state index in [1.54, 1.807) is 0 Å². The van der Waals surface area contributed by atoms with Crippen molar-refractivity contribution in [1.82, 2.24) is 9.97 Å². The highest BCUT2D eigenvalue weighted by molar-refractivity contribution is 7.91. The monoisotopic (exact) mass is 284 g/mol. The van der Waals surface area contributed by atoms with E-state index in [9.17, 15) is 8.42 Å². The lowest BCUT2D eigenvalue weighted by Gasteiger charge is -2.14. The number of nitrogens with one attached hydrogen (secondary N) is 2. The van der Waals surface area contributed by atoms with Gasteiger partial charge in [-0.2, -0.15) is 0 Å². The molecule has 6 nitrogen and oxygen atoms in total. The van der Waals surface area contributed by atoms with Crippen molar-refractivity contribution in [2.24, 2.45) is 0 Å². The van der Waals surface area contributed by atoms with Gasteiger partial charge in [0, 0.05) is 18.2 Å². The second-order valence-electron chi connectivity index (χ2n) is 5.23. The normalized spacial score (nSPS) is 21.6. The van der Waals surface area contributed by atoms with Gasteiger partial charge in [-0.25, -0.2) is 18.4 Å². The molecule has 0 amide bonds. The van der Waals surface area contributed by atoms with Crippen LogP contribution in [0.3, 0.4) is 0 Å². The van der Waals surface area contributed by atoms with Crippen molar-refractivity contribution >= 4 is 21.5 Å². The number of anilines is 2. The molecule has 1 saturated heterocycles. The average molecular weight is 284 g/mol. The predicted molar refractivity (Wildman–Crippen MR) is 76.2 cm³/mol. The van der Waals surface area contributed by atoms with Crippen LogP contribution < -0.4 is 10.6 Å². The van der Waals surface area contributed by atoms with Crippen molar-refractivity contribution in [3.8, 4) is 0 Å². The minimum atomic E-state index is -2.88. The Labute approximate surface area is 114 Å². The average Bonchev–Trinajstić information content (AvgIpc) is 2.55. The summed E-state index contributed by atoms with van der Waals surface area (Å²) in [5.74, 6) is 2.53. The zero-order chi connectivity index (χ0) is 14.0. The number of hydrogen-bond acceptors (Lipinski definition) is 6. The van der Waals surface area contributed by atoms with Crippen molar-refractivity contribution in [1.29, 1.82) is 0 Å². The van der Waals surface area contributed by atoms with E-state index in [-0.39, 0.29) is 23.6 Å². The van der Waals surface area contributed by atoms with Gasteiger partial charge in [0.05, 0.1) is 11.5 Å². The summed E-state index contributed by atoms with van der Waals surface area (Å²) in [6, 6.07) is 2.05. The third kappa shape index (κ3) is 4.05. The lowest BCUT2D eigenvalue weighted by Crippen LogP contribution is -2.22. The van der Waals surface area contributed by atoms with Crippen LogP contribution in [0.5, 0.6) is 0 Å². The maximum Gasteiger partial charge on any atom is 0.152 e. The molecule has 1 aliphatic heterocycles. The van der Waals surface area contributed by atoms with E-state index in [0.717, 1.165) is 5.82 Å². The topological polar surface area (TPSA) is 84.0 Å². The van der Waals surface area contributed by atoms with Gasteiger partial charge in [0.15, 0.2) is 9.84 Å². The van der Waals surface area contributed by atoms with Gasteiger partial charge in [-0.3, -0.25) is 0 Å². The second kappa shape index (κ2) is 5.32.